The molecule has 0 unspecified atom stereocenters. The maximum absolute atomic E-state index is 13.6. The number of rotatable bonds is 6. The summed E-state index contributed by atoms with van der Waals surface area (Å²) in [6.07, 6.45) is 3.81. The summed E-state index contributed by atoms with van der Waals surface area (Å²) in [6, 6.07) is 12.5. The lowest BCUT2D eigenvalue weighted by Gasteiger charge is -2.08. The van der Waals surface area contributed by atoms with Crippen molar-refractivity contribution in [1.82, 2.24) is 20.1 Å². The molecule has 0 bridgehead atoms. The molecule has 0 aliphatic rings. The Kier molecular flexibility index (Phi) is 5.48. The van der Waals surface area contributed by atoms with Crippen molar-refractivity contribution in [2.24, 2.45) is 0 Å². The van der Waals surface area contributed by atoms with E-state index in [0.29, 0.717) is 25.2 Å². The average Bonchev–Trinajstić information content (AvgIpc) is 2.67. The fourth-order valence-electron chi connectivity index (χ4n) is 2.46. The van der Waals surface area contributed by atoms with E-state index in [4.69, 9.17) is 0 Å². The van der Waals surface area contributed by atoms with Crippen molar-refractivity contribution in [2.45, 2.75) is 13.0 Å². The molecular weight excluding hydrogens is 335 g/mol. The summed E-state index contributed by atoms with van der Waals surface area (Å²) in [5.74, 6) is -1.04. The van der Waals surface area contributed by atoms with Crippen molar-refractivity contribution in [3.63, 3.8) is 0 Å². The fraction of sp³-hybridized carbons (Fsp3) is 0.158. The Morgan fingerprint density at radius 3 is 2.62 bits per heavy atom. The van der Waals surface area contributed by atoms with Gasteiger partial charge in [-0.3, -0.25) is 14.6 Å². The first-order chi connectivity index (χ1) is 12.6. The smallest absolute Gasteiger partial charge is 0.266 e. The SMILES string of the molecule is O=C(NCCCn1nc(-c2ccncc2)ccc1=O)c1ccccc1F. The maximum atomic E-state index is 13.6. The number of amides is 1. The molecule has 0 saturated heterocycles. The van der Waals surface area contributed by atoms with E-state index in [9.17, 15) is 14.0 Å². The Bertz CT molecular complexity index is 957. The van der Waals surface area contributed by atoms with E-state index in [0.717, 1.165) is 5.56 Å². The Hall–Kier alpha value is -3.35. The number of halogens is 1. The topological polar surface area (TPSA) is 76.9 Å². The van der Waals surface area contributed by atoms with E-state index in [-0.39, 0.29) is 11.1 Å². The van der Waals surface area contributed by atoms with Crippen LogP contribution in [-0.2, 0) is 6.54 Å². The second-order valence-corrected chi connectivity index (χ2v) is 5.61. The lowest BCUT2D eigenvalue weighted by Crippen LogP contribution is -2.28. The molecule has 1 amide bonds. The molecule has 0 aliphatic carbocycles. The summed E-state index contributed by atoms with van der Waals surface area (Å²) < 4.78 is 14.9. The predicted octanol–water partition coefficient (Wildman–Crippen LogP) is 2.26. The molecule has 3 aromatic rings. The van der Waals surface area contributed by atoms with Gasteiger partial charge in [-0.05, 0) is 36.8 Å². The third-order valence-electron chi connectivity index (χ3n) is 3.79. The number of aryl methyl sites for hydroxylation is 1. The van der Waals surface area contributed by atoms with Crippen molar-refractivity contribution >= 4 is 5.91 Å². The molecule has 0 spiro atoms. The lowest BCUT2D eigenvalue weighted by molar-refractivity contribution is 0.0948. The van der Waals surface area contributed by atoms with Crippen LogP contribution in [0.4, 0.5) is 4.39 Å². The minimum absolute atomic E-state index is 0.00229. The normalized spacial score (nSPS) is 10.5. The highest BCUT2D eigenvalue weighted by atomic mass is 19.1. The molecule has 2 aromatic heterocycles. The van der Waals surface area contributed by atoms with E-state index in [1.54, 1.807) is 24.5 Å². The van der Waals surface area contributed by atoms with Gasteiger partial charge < -0.3 is 5.32 Å². The fourth-order valence-corrected chi connectivity index (χ4v) is 2.46. The summed E-state index contributed by atoms with van der Waals surface area (Å²) >= 11 is 0. The molecule has 132 valence electrons. The molecular formula is C19H17FN4O2. The third-order valence-corrected chi connectivity index (χ3v) is 3.79. The first-order valence-corrected chi connectivity index (χ1v) is 8.16. The molecule has 3 rings (SSSR count). The molecule has 0 aliphatic heterocycles. The van der Waals surface area contributed by atoms with E-state index in [1.807, 2.05) is 12.1 Å². The quantitative estimate of drug-likeness (QED) is 0.691. The van der Waals surface area contributed by atoms with Gasteiger partial charge in [0.05, 0.1) is 11.3 Å². The van der Waals surface area contributed by atoms with Gasteiger partial charge in [-0.25, -0.2) is 9.07 Å². The van der Waals surface area contributed by atoms with Gasteiger partial charge in [0.25, 0.3) is 11.5 Å². The second kappa shape index (κ2) is 8.15. The maximum Gasteiger partial charge on any atom is 0.266 e. The Labute approximate surface area is 149 Å². The van der Waals surface area contributed by atoms with Gasteiger partial charge in [-0.2, -0.15) is 5.10 Å². The van der Waals surface area contributed by atoms with Crippen LogP contribution in [0.3, 0.4) is 0 Å². The monoisotopic (exact) mass is 352 g/mol. The van der Waals surface area contributed by atoms with Gasteiger partial charge in [0, 0.05) is 37.1 Å². The van der Waals surface area contributed by atoms with Crippen LogP contribution in [0.2, 0.25) is 0 Å². The highest BCUT2D eigenvalue weighted by molar-refractivity contribution is 5.94. The molecule has 0 atom stereocenters. The van der Waals surface area contributed by atoms with Crippen LogP contribution in [-0.4, -0.2) is 27.2 Å². The number of aromatic nitrogens is 3. The zero-order valence-corrected chi connectivity index (χ0v) is 13.9. The van der Waals surface area contributed by atoms with Gasteiger partial charge in [-0.15, -0.1) is 0 Å². The standard InChI is InChI=1S/C19H17FN4O2/c20-16-5-2-1-4-15(16)19(26)22-10-3-13-24-18(25)7-6-17(23-24)14-8-11-21-12-9-14/h1-2,4-9,11-12H,3,10,13H2,(H,22,26). The molecule has 2 heterocycles. The number of carbonyl (C=O) groups is 1. The van der Waals surface area contributed by atoms with Crippen LogP contribution in [0.15, 0.2) is 65.7 Å². The van der Waals surface area contributed by atoms with Crippen LogP contribution in [0, 0.1) is 5.82 Å². The summed E-state index contributed by atoms with van der Waals surface area (Å²) in [4.78, 5) is 27.8. The molecule has 26 heavy (non-hydrogen) atoms. The molecule has 0 radical (unpaired) electrons. The van der Waals surface area contributed by atoms with E-state index in [2.05, 4.69) is 15.4 Å². The van der Waals surface area contributed by atoms with Crippen LogP contribution >= 0.6 is 0 Å². The summed E-state index contributed by atoms with van der Waals surface area (Å²) in [6.45, 7) is 0.649. The van der Waals surface area contributed by atoms with Crippen molar-refractivity contribution < 1.29 is 9.18 Å². The van der Waals surface area contributed by atoms with Crippen LogP contribution < -0.4 is 10.9 Å². The highest BCUT2D eigenvalue weighted by Gasteiger charge is 2.10. The molecule has 0 fully saturated rings. The van der Waals surface area contributed by atoms with Crippen LogP contribution in [0.25, 0.3) is 11.3 Å². The minimum Gasteiger partial charge on any atom is -0.352 e. The molecule has 0 saturated carbocycles. The predicted molar refractivity (Wildman–Crippen MR) is 95.1 cm³/mol. The van der Waals surface area contributed by atoms with Gasteiger partial charge in [0.1, 0.15) is 5.82 Å². The molecule has 6 nitrogen and oxygen atoms in total. The number of benzene rings is 1. The number of carbonyl (C=O) groups excluding carboxylic acids is 1. The van der Waals surface area contributed by atoms with Gasteiger partial charge in [0.2, 0.25) is 0 Å². The van der Waals surface area contributed by atoms with Crippen molar-refractivity contribution in [2.75, 3.05) is 6.54 Å². The van der Waals surface area contributed by atoms with E-state index < -0.39 is 11.7 Å². The lowest BCUT2D eigenvalue weighted by atomic mass is 10.2. The molecule has 7 heteroatoms. The minimum atomic E-state index is -0.562. The highest BCUT2D eigenvalue weighted by Crippen LogP contribution is 2.13. The number of nitrogens with one attached hydrogen (secondary N) is 1. The Morgan fingerprint density at radius 2 is 1.85 bits per heavy atom. The Morgan fingerprint density at radius 1 is 1.08 bits per heavy atom. The second-order valence-electron chi connectivity index (χ2n) is 5.61. The Balaban J connectivity index is 1.59. The number of hydrogen-bond donors (Lipinski definition) is 1. The van der Waals surface area contributed by atoms with Crippen molar-refractivity contribution in [1.29, 1.82) is 0 Å². The zero-order chi connectivity index (χ0) is 18.4. The largest absolute Gasteiger partial charge is 0.352 e. The van der Waals surface area contributed by atoms with E-state index in [1.165, 1.54) is 28.9 Å². The summed E-state index contributed by atoms with van der Waals surface area (Å²) in [7, 11) is 0. The first-order valence-electron chi connectivity index (χ1n) is 8.16. The van der Waals surface area contributed by atoms with Gasteiger partial charge in [0.15, 0.2) is 0 Å². The average molecular weight is 352 g/mol. The number of pyridine rings is 1. The summed E-state index contributed by atoms with van der Waals surface area (Å²) in [5.41, 5.74) is 1.31. The first kappa shape index (κ1) is 17.5. The third kappa shape index (κ3) is 4.18. The molecule has 1 N–H and O–H groups in total. The summed E-state index contributed by atoms with van der Waals surface area (Å²) in [5, 5.41) is 6.98. The van der Waals surface area contributed by atoms with Crippen molar-refractivity contribution in [3.8, 4) is 11.3 Å². The van der Waals surface area contributed by atoms with E-state index >= 15 is 0 Å². The molecule has 1 aromatic carbocycles. The van der Waals surface area contributed by atoms with Crippen LogP contribution in [0.1, 0.15) is 16.8 Å². The van der Waals surface area contributed by atoms with Crippen molar-refractivity contribution in [3.05, 3.63) is 82.7 Å². The number of hydrogen-bond acceptors (Lipinski definition) is 4. The number of nitrogens with zero attached hydrogens (tertiary/aromatic N) is 3. The van der Waals surface area contributed by atoms with Gasteiger partial charge >= 0.3 is 0 Å². The van der Waals surface area contributed by atoms with Gasteiger partial charge in [-0.1, -0.05) is 12.1 Å². The van der Waals surface area contributed by atoms with Crippen LogP contribution in [0.5, 0.6) is 0 Å². The zero-order valence-electron chi connectivity index (χ0n) is 13.9.